The van der Waals surface area contributed by atoms with E-state index in [0.717, 1.165) is 26.3 Å². The smallest absolute Gasteiger partial charge is 0.191 e. The number of fused-ring (bicyclic) bond motifs is 3. The number of hydrogen-bond acceptors (Lipinski definition) is 3. The van der Waals surface area contributed by atoms with Crippen LogP contribution < -0.4 is 0 Å². The summed E-state index contributed by atoms with van der Waals surface area (Å²) in [5.41, 5.74) is 6.51. The number of aromatic nitrogens is 2. The van der Waals surface area contributed by atoms with Crippen LogP contribution in [-0.2, 0) is 0 Å². The predicted molar refractivity (Wildman–Crippen MR) is 144 cm³/mol. The number of hydrogen-bond donors (Lipinski definition) is 0. The molecule has 152 valence electrons. The molecule has 2 aromatic heterocycles. The molecule has 0 aliphatic rings. The zero-order valence-corrected chi connectivity index (χ0v) is 20.0. The maximum atomic E-state index is 4.74. The Bertz CT molecular complexity index is 1570. The van der Waals surface area contributed by atoms with Crippen molar-refractivity contribution in [3.05, 3.63) is 107 Å². The van der Waals surface area contributed by atoms with E-state index in [1.165, 1.54) is 31.3 Å². The molecule has 0 spiro atoms. The molecule has 6 rings (SSSR count). The fourth-order valence-electron chi connectivity index (χ4n) is 4.06. The number of benzene rings is 4. The molecule has 0 N–H and O–H groups in total. The first-order valence-electron chi connectivity index (χ1n) is 10.4. The van der Waals surface area contributed by atoms with Crippen LogP contribution >= 0.6 is 33.9 Å². The summed E-state index contributed by atoms with van der Waals surface area (Å²) in [5.74, 6) is 0. The Hall–Kier alpha value is -3.09. The highest BCUT2D eigenvalue weighted by Crippen LogP contribution is 2.36. The minimum atomic E-state index is 0.748. The standard InChI is InChI=1S/C28H17IN2S/c29-28-30-24(20-12-10-19(11-13-20)18-6-2-1-3-7-18)17-25(31-28)21-14-15-27-23(16-21)22-8-4-5-9-26(22)32-27/h1-17H. The van der Waals surface area contributed by atoms with Crippen molar-refractivity contribution in [1.29, 1.82) is 0 Å². The third kappa shape index (κ3) is 3.59. The van der Waals surface area contributed by atoms with Gasteiger partial charge in [0.2, 0.25) is 0 Å². The lowest BCUT2D eigenvalue weighted by atomic mass is 10.0. The lowest BCUT2D eigenvalue weighted by Crippen LogP contribution is -1.94. The van der Waals surface area contributed by atoms with Gasteiger partial charge in [-0.2, -0.15) is 0 Å². The van der Waals surface area contributed by atoms with E-state index in [1.807, 2.05) is 17.4 Å². The molecule has 6 aromatic rings. The summed E-state index contributed by atoms with van der Waals surface area (Å²) in [6.45, 7) is 0. The summed E-state index contributed by atoms with van der Waals surface area (Å²) in [6.07, 6.45) is 0. The number of rotatable bonds is 3. The van der Waals surface area contributed by atoms with Crippen molar-refractivity contribution in [3.8, 4) is 33.6 Å². The topological polar surface area (TPSA) is 25.8 Å². The molecule has 0 saturated heterocycles. The highest BCUT2D eigenvalue weighted by Gasteiger charge is 2.11. The summed E-state index contributed by atoms with van der Waals surface area (Å²) < 4.78 is 3.36. The van der Waals surface area contributed by atoms with Gasteiger partial charge in [0.25, 0.3) is 0 Å². The van der Waals surface area contributed by atoms with E-state index >= 15 is 0 Å². The maximum absolute atomic E-state index is 4.74. The van der Waals surface area contributed by atoms with Gasteiger partial charge in [0, 0.05) is 53.9 Å². The second kappa shape index (κ2) is 8.11. The number of thiophene rings is 1. The van der Waals surface area contributed by atoms with Gasteiger partial charge in [0.1, 0.15) is 0 Å². The van der Waals surface area contributed by atoms with Gasteiger partial charge < -0.3 is 0 Å². The van der Waals surface area contributed by atoms with E-state index in [0.29, 0.717) is 0 Å². The van der Waals surface area contributed by atoms with Crippen molar-refractivity contribution in [2.24, 2.45) is 0 Å². The summed E-state index contributed by atoms with van der Waals surface area (Å²) in [5, 5.41) is 2.58. The van der Waals surface area contributed by atoms with Crippen LogP contribution in [0, 0.1) is 3.83 Å². The molecule has 2 heterocycles. The zero-order chi connectivity index (χ0) is 21.5. The molecule has 0 aliphatic carbocycles. The average Bonchev–Trinajstić information content (AvgIpc) is 3.22. The predicted octanol–water partition coefficient (Wildman–Crippen LogP) is 8.45. The van der Waals surface area contributed by atoms with Gasteiger partial charge in [-0.25, -0.2) is 9.97 Å². The van der Waals surface area contributed by atoms with Crippen LogP contribution in [0.1, 0.15) is 0 Å². The van der Waals surface area contributed by atoms with Gasteiger partial charge >= 0.3 is 0 Å². The van der Waals surface area contributed by atoms with Crippen molar-refractivity contribution < 1.29 is 0 Å². The number of nitrogens with zero attached hydrogens (tertiary/aromatic N) is 2. The van der Waals surface area contributed by atoms with Crippen LogP contribution in [0.25, 0.3) is 53.8 Å². The van der Waals surface area contributed by atoms with Crippen molar-refractivity contribution >= 4 is 54.1 Å². The monoisotopic (exact) mass is 540 g/mol. The molecule has 0 aliphatic heterocycles. The first-order chi connectivity index (χ1) is 15.7. The van der Waals surface area contributed by atoms with Crippen LogP contribution in [0.2, 0.25) is 0 Å². The molecule has 0 atom stereocenters. The Labute approximate surface area is 203 Å². The molecule has 0 radical (unpaired) electrons. The molecule has 2 nitrogen and oxygen atoms in total. The summed E-state index contributed by atoms with van der Waals surface area (Å²) in [4.78, 5) is 9.46. The second-order valence-corrected chi connectivity index (χ2v) is 9.71. The molecule has 0 saturated carbocycles. The van der Waals surface area contributed by atoms with Gasteiger partial charge in [0.15, 0.2) is 3.83 Å². The van der Waals surface area contributed by atoms with E-state index in [9.17, 15) is 0 Å². The minimum Gasteiger partial charge on any atom is -0.223 e. The van der Waals surface area contributed by atoms with E-state index in [4.69, 9.17) is 9.97 Å². The summed E-state index contributed by atoms with van der Waals surface area (Å²) in [6, 6.07) is 36.3. The van der Waals surface area contributed by atoms with Crippen molar-refractivity contribution in [3.63, 3.8) is 0 Å². The Kier molecular flexibility index (Phi) is 4.97. The van der Waals surface area contributed by atoms with Crippen LogP contribution in [0.3, 0.4) is 0 Å². The maximum Gasteiger partial charge on any atom is 0.191 e. The van der Waals surface area contributed by atoms with Gasteiger partial charge in [-0.3, -0.25) is 0 Å². The SMILES string of the molecule is Ic1nc(-c2ccc(-c3ccccc3)cc2)cc(-c2ccc3sc4ccccc4c3c2)n1. The van der Waals surface area contributed by atoms with E-state index in [1.54, 1.807) is 0 Å². The normalized spacial score (nSPS) is 11.3. The molecule has 0 unspecified atom stereocenters. The quantitative estimate of drug-likeness (QED) is 0.166. The van der Waals surface area contributed by atoms with Crippen molar-refractivity contribution in [2.45, 2.75) is 0 Å². The molecular weight excluding hydrogens is 523 g/mol. The Morgan fingerprint density at radius 3 is 1.91 bits per heavy atom. The van der Waals surface area contributed by atoms with Gasteiger partial charge in [-0.05, 0) is 35.4 Å². The summed E-state index contributed by atoms with van der Waals surface area (Å²) in [7, 11) is 0. The van der Waals surface area contributed by atoms with Crippen molar-refractivity contribution in [2.75, 3.05) is 0 Å². The Morgan fingerprint density at radius 2 is 1.09 bits per heavy atom. The molecule has 0 fully saturated rings. The first-order valence-corrected chi connectivity index (χ1v) is 12.3. The van der Waals surface area contributed by atoms with Crippen LogP contribution in [0.15, 0.2) is 103 Å². The van der Waals surface area contributed by atoms with E-state index < -0.39 is 0 Å². The molecular formula is C28H17IN2S. The zero-order valence-electron chi connectivity index (χ0n) is 17.0. The van der Waals surface area contributed by atoms with E-state index in [-0.39, 0.29) is 0 Å². The molecule has 4 aromatic carbocycles. The number of halogens is 1. The van der Waals surface area contributed by atoms with Crippen LogP contribution in [-0.4, -0.2) is 9.97 Å². The lowest BCUT2D eigenvalue weighted by molar-refractivity contribution is 1.12. The Morgan fingerprint density at radius 1 is 0.500 bits per heavy atom. The van der Waals surface area contributed by atoms with Crippen LogP contribution in [0.5, 0.6) is 0 Å². The second-order valence-electron chi connectivity index (χ2n) is 7.66. The minimum absolute atomic E-state index is 0.748. The average molecular weight is 540 g/mol. The van der Waals surface area contributed by atoms with Gasteiger partial charge in [0.05, 0.1) is 11.4 Å². The molecule has 4 heteroatoms. The first kappa shape index (κ1) is 19.6. The summed E-state index contributed by atoms with van der Waals surface area (Å²) >= 11 is 4.05. The third-order valence-corrected chi connectivity index (χ3v) is 7.29. The fourth-order valence-corrected chi connectivity index (χ4v) is 5.67. The largest absolute Gasteiger partial charge is 0.223 e. The molecule has 32 heavy (non-hydrogen) atoms. The van der Waals surface area contributed by atoms with Crippen molar-refractivity contribution in [1.82, 2.24) is 9.97 Å². The third-order valence-electron chi connectivity index (χ3n) is 5.66. The highest BCUT2D eigenvalue weighted by atomic mass is 127. The molecule has 0 bridgehead atoms. The highest BCUT2D eigenvalue weighted by molar-refractivity contribution is 14.1. The fraction of sp³-hybridized carbons (Fsp3) is 0. The lowest BCUT2D eigenvalue weighted by Gasteiger charge is -2.08. The van der Waals surface area contributed by atoms with Gasteiger partial charge in [-0.1, -0.05) is 78.9 Å². The Balaban J connectivity index is 1.42. The van der Waals surface area contributed by atoms with Gasteiger partial charge in [-0.15, -0.1) is 11.3 Å². The van der Waals surface area contributed by atoms with E-state index in [2.05, 4.69) is 120 Å². The molecule has 0 amide bonds. The van der Waals surface area contributed by atoms with Crippen LogP contribution in [0.4, 0.5) is 0 Å².